The Morgan fingerprint density at radius 1 is 1.11 bits per heavy atom. The number of carbonyl (C=O) groups excluding carboxylic acids is 1. The third-order valence-electron chi connectivity index (χ3n) is 3.14. The first-order valence-corrected chi connectivity index (χ1v) is 9.29. The van der Waals surface area contributed by atoms with Gasteiger partial charge in [-0.2, -0.15) is 5.10 Å². The highest BCUT2D eigenvalue weighted by molar-refractivity contribution is 9.11. The molecule has 0 saturated heterocycles. The minimum absolute atomic E-state index is 0.195. The molecule has 142 valence electrons. The van der Waals surface area contributed by atoms with E-state index in [1.165, 1.54) is 6.21 Å². The Labute approximate surface area is 172 Å². The van der Waals surface area contributed by atoms with E-state index in [2.05, 4.69) is 42.4 Å². The van der Waals surface area contributed by atoms with Crippen LogP contribution >= 0.6 is 31.9 Å². The summed E-state index contributed by atoms with van der Waals surface area (Å²) >= 11 is 6.79. The molecule has 0 saturated carbocycles. The smallest absolute Gasteiger partial charge is 0.341 e. The van der Waals surface area contributed by atoms with Crippen LogP contribution < -0.4 is 14.9 Å². The van der Waals surface area contributed by atoms with E-state index >= 15 is 0 Å². The van der Waals surface area contributed by atoms with E-state index in [-0.39, 0.29) is 6.61 Å². The van der Waals surface area contributed by atoms with Gasteiger partial charge < -0.3 is 14.6 Å². The van der Waals surface area contributed by atoms with E-state index in [0.717, 1.165) is 14.5 Å². The maximum Gasteiger partial charge on any atom is 0.341 e. The molecule has 0 unspecified atom stereocenters. The van der Waals surface area contributed by atoms with E-state index in [9.17, 15) is 9.59 Å². The van der Waals surface area contributed by atoms with Crippen molar-refractivity contribution >= 4 is 50.0 Å². The number of nitrogens with one attached hydrogen (secondary N) is 1. The van der Waals surface area contributed by atoms with Gasteiger partial charge in [-0.15, -0.1) is 0 Å². The number of hydrogen-bond acceptors (Lipinski definition) is 5. The first-order valence-electron chi connectivity index (χ1n) is 7.70. The van der Waals surface area contributed by atoms with Crippen molar-refractivity contribution in [2.24, 2.45) is 5.10 Å². The van der Waals surface area contributed by atoms with Crippen molar-refractivity contribution < 1.29 is 24.2 Å². The maximum absolute atomic E-state index is 11.8. The third kappa shape index (κ3) is 7.03. The fraction of sp³-hybridized carbons (Fsp3) is 0.167. The molecule has 0 aliphatic carbocycles. The van der Waals surface area contributed by atoms with Gasteiger partial charge in [-0.1, -0.05) is 0 Å². The number of amides is 1. The number of carbonyl (C=O) groups is 2. The summed E-state index contributed by atoms with van der Waals surface area (Å²) in [5.74, 6) is -0.486. The molecule has 0 fully saturated rings. The Bertz CT molecular complexity index is 830. The molecule has 0 aliphatic heterocycles. The predicted octanol–water partition coefficient (Wildman–Crippen LogP) is 3.51. The second-order valence-electron chi connectivity index (χ2n) is 5.39. The Kier molecular flexibility index (Phi) is 7.81. The third-order valence-corrected chi connectivity index (χ3v) is 4.31. The van der Waals surface area contributed by atoms with Crippen molar-refractivity contribution in [2.75, 3.05) is 13.2 Å². The zero-order chi connectivity index (χ0) is 19.8. The minimum atomic E-state index is -1.05. The van der Waals surface area contributed by atoms with Crippen LogP contribution in [-0.4, -0.2) is 36.4 Å². The summed E-state index contributed by atoms with van der Waals surface area (Å²) in [4.78, 5) is 22.3. The van der Waals surface area contributed by atoms with Crippen LogP contribution in [0.1, 0.15) is 11.1 Å². The fourth-order valence-electron chi connectivity index (χ4n) is 1.97. The first-order chi connectivity index (χ1) is 12.8. The fourth-order valence-corrected chi connectivity index (χ4v) is 3.61. The summed E-state index contributed by atoms with van der Waals surface area (Å²) in [7, 11) is 0. The van der Waals surface area contributed by atoms with Crippen LogP contribution in [0.5, 0.6) is 11.5 Å². The summed E-state index contributed by atoms with van der Waals surface area (Å²) in [6, 6.07) is 10.4. The molecule has 0 bridgehead atoms. The van der Waals surface area contributed by atoms with Gasteiger partial charge in [0.1, 0.15) is 11.5 Å². The van der Waals surface area contributed by atoms with Gasteiger partial charge in [0.25, 0.3) is 5.91 Å². The van der Waals surface area contributed by atoms with E-state index in [4.69, 9.17) is 14.6 Å². The number of aliphatic carboxylic acids is 1. The highest BCUT2D eigenvalue weighted by Gasteiger charge is 2.10. The zero-order valence-electron chi connectivity index (χ0n) is 14.2. The highest BCUT2D eigenvalue weighted by Crippen LogP contribution is 2.34. The van der Waals surface area contributed by atoms with Gasteiger partial charge in [0, 0.05) is 0 Å². The monoisotopic (exact) mass is 498 g/mol. The summed E-state index contributed by atoms with van der Waals surface area (Å²) in [5, 5.41) is 12.4. The molecule has 2 aromatic carbocycles. The number of nitrogens with zero attached hydrogens (tertiary/aromatic N) is 1. The first kappa shape index (κ1) is 20.9. The van der Waals surface area contributed by atoms with Crippen molar-refractivity contribution in [1.82, 2.24) is 5.43 Å². The normalized spacial score (nSPS) is 10.6. The zero-order valence-corrected chi connectivity index (χ0v) is 17.4. The Balaban J connectivity index is 1.82. The van der Waals surface area contributed by atoms with Gasteiger partial charge >= 0.3 is 5.97 Å². The number of ether oxygens (including phenoxy) is 2. The molecule has 0 aromatic heterocycles. The van der Waals surface area contributed by atoms with Gasteiger partial charge in [0.2, 0.25) is 0 Å². The van der Waals surface area contributed by atoms with Crippen LogP contribution in [0.25, 0.3) is 0 Å². The number of carboxylic acids is 1. The number of carboxylic acid groups (broad SMARTS) is 1. The van der Waals surface area contributed by atoms with Gasteiger partial charge in [0.05, 0.1) is 15.2 Å². The molecule has 2 rings (SSSR count). The summed E-state index contributed by atoms with van der Waals surface area (Å²) in [6.45, 7) is 1.35. The number of halogens is 2. The molecule has 2 aromatic rings. The Morgan fingerprint density at radius 3 is 2.33 bits per heavy atom. The van der Waals surface area contributed by atoms with Gasteiger partial charge in [-0.25, -0.2) is 10.2 Å². The van der Waals surface area contributed by atoms with Crippen LogP contribution in [0.3, 0.4) is 0 Å². The van der Waals surface area contributed by atoms with Crippen molar-refractivity contribution in [3.63, 3.8) is 0 Å². The lowest BCUT2D eigenvalue weighted by Gasteiger charge is -2.10. The van der Waals surface area contributed by atoms with Crippen LogP contribution in [0.2, 0.25) is 0 Å². The quantitative estimate of drug-likeness (QED) is 0.428. The standard InChI is InChI=1S/C18H16Br2N2O5/c1-11-6-14(19)18(15(20)7-11)27-9-16(23)22-21-8-12-2-4-13(5-3-12)26-10-17(24)25/h2-8H,9-10H2,1H3,(H,22,23)(H,24,25). The Hall–Kier alpha value is -2.39. The largest absolute Gasteiger partial charge is 0.482 e. The summed E-state index contributed by atoms with van der Waals surface area (Å²) < 4.78 is 12.0. The number of aryl methyl sites for hydroxylation is 1. The van der Waals surface area contributed by atoms with Crippen molar-refractivity contribution in [3.8, 4) is 11.5 Å². The molecular formula is C18H16Br2N2O5. The number of hydrogen-bond donors (Lipinski definition) is 2. The van der Waals surface area contributed by atoms with E-state index < -0.39 is 18.5 Å². The van der Waals surface area contributed by atoms with Crippen molar-refractivity contribution in [1.29, 1.82) is 0 Å². The van der Waals surface area contributed by atoms with Crippen LogP contribution in [-0.2, 0) is 9.59 Å². The number of hydrazone groups is 1. The molecule has 27 heavy (non-hydrogen) atoms. The van der Waals surface area contributed by atoms with Crippen LogP contribution in [0, 0.1) is 6.92 Å². The molecular weight excluding hydrogens is 484 g/mol. The summed E-state index contributed by atoms with van der Waals surface area (Å²) in [6.07, 6.45) is 1.45. The average molecular weight is 500 g/mol. The molecule has 0 aliphatic rings. The van der Waals surface area contributed by atoms with Crippen molar-refractivity contribution in [3.05, 3.63) is 56.5 Å². The second-order valence-corrected chi connectivity index (χ2v) is 7.10. The van der Waals surface area contributed by atoms with Gasteiger partial charge in [-0.3, -0.25) is 4.79 Å². The topological polar surface area (TPSA) is 97.2 Å². The molecule has 2 N–H and O–H groups in total. The van der Waals surface area contributed by atoms with Crippen LogP contribution in [0.4, 0.5) is 0 Å². The molecule has 9 heteroatoms. The van der Waals surface area contributed by atoms with Gasteiger partial charge in [0.15, 0.2) is 13.2 Å². The lowest BCUT2D eigenvalue weighted by molar-refractivity contribution is -0.139. The number of benzene rings is 2. The van der Waals surface area contributed by atoms with Gasteiger partial charge in [-0.05, 0) is 86.3 Å². The Morgan fingerprint density at radius 2 is 1.74 bits per heavy atom. The molecule has 0 heterocycles. The van der Waals surface area contributed by atoms with Crippen LogP contribution in [0.15, 0.2) is 50.4 Å². The second kappa shape index (κ2) is 10.1. The van der Waals surface area contributed by atoms with Crippen molar-refractivity contribution in [2.45, 2.75) is 6.92 Å². The van der Waals surface area contributed by atoms with E-state index in [1.54, 1.807) is 24.3 Å². The van der Waals surface area contributed by atoms with E-state index in [1.807, 2.05) is 19.1 Å². The van der Waals surface area contributed by atoms with E-state index in [0.29, 0.717) is 17.1 Å². The molecule has 0 radical (unpaired) electrons. The molecule has 0 spiro atoms. The molecule has 0 atom stereocenters. The average Bonchev–Trinajstić information content (AvgIpc) is 2.60. The summed E-state index contributed by atoms with van der Waals surface area (Å²) in [5.41, 5.74) is 4.13. The SMILES string of the molecule is Cc1cc(Br)c(OCC(=O)NN=Cc2ccc(OCC(=O)O)cc2)c(Br)c1. The predicted molar refractivity (Wildman–Crippen MR) is 107 cm³/mol. The molecule has 1 amide bonds. The molecule has 7 nitrogen and oxygen atoms in total. The maximum atomic E-state index is 11.8. The highest BCUT2D eigenvalue weighted by atomic mass is 79.9. The minimum Gasteiger partial charge on any atom is -0.482 e. The number of rotatable bonds is 8. The lowest BCUT2D eigenvalue weighted by Crippen LogP contribution is -2.24. The lowest BCUT2D eigenvalue weighted by atomic mass is 10.2.